The molecular formula is C32H41N3O6S. The standard InChI is InChI=1S/C32H41N3O6S/c1-8-29(31(37)33-32(3,4)5)34(21-24-11-15-26(40-6)16-12-24)30(36)22-35(25-13-17-27(41-7)18-14-25)42(38,39)28-19-9-23(2)10-20-28/h9-20,29H,8,21-22H2,1-7H3,(H,33,37). The number of methoxy groups -OCH3 is 2. The molecule has 0 aliphatic heterocycles. The van der Waals surface area contributed by atoms with Gasteiger partial charge in [0.15, 0.2) is 0 Å². The molecule has 1 N–H and O–H groups in total. The van der Waals surface area contributed by atoms with E-state index in [2.05, 4.69) is 5.32 Å². The molecule has 3 rings (SSSR count). The van der Waals surface area contributed by atoms with Gasteiger partial charge in [0.05, 0.1) is 24.8 Å². The molecule has 3 aromatic carbocycles. The number of amides is 2. The van der Waals surface area contributed by atoms with E-state index in [0.717, 1.165) is 15.4 Å². The molecule has 226 valence electrons. The summed E-state index contributed by atoms with van der Waals surface area (Å²) < 4.78 is 39.5. The molecule has 9 nitrogen and oxygen atoms in total. The lowest BCUT2D eigenvalue weighted by atomic mass is 10.1. The van der Waals surface area contributed by atoms with E-state index in [-0.39, 0.29) is 17.3 Å². The molecule has 2 amide bonds. The minimum atomic E-state index is -4.15. The van der Waals surface area contributed by atoms with E-state index >= 15 is 0 Å². The monoisotopic (exact) mass is 595 g/mol. The minimum absolute atomic E-state index is 0.0518. The fraction of sp³-hybridized carbons (Fsp3) is 0.375. The molecule has 0 aromatic heterocycles. The molecule has 0 bridgehead atoms. The number of sulfonamides is 1. The smallest absolute Gasteiger partial charge is 0.264 e. The Labute approximate surface area is 249 Å². The van der Waals surface area contributed by atoms with Crippen LogP contribution in [0.4, 0.5) is 5.69 Å². The zero-order valence-electron chi connectivity index (χ0n) is 25.4. The Morgan fingerprint density at radius 1 is 0.857 bits per heavy atom. The van der Waals surface area contributed by atoms with E-state index in [1.165, 1.54) is 24.1 Å². The van der Waals surface area contributed by atoms with Crippen LogP contribution < -0.4 is 19.1 Å². The first-order chi connectivity index (χ1) is 19.8. The minimum Gasteiger partial charge on any atom is -0.497 e. The maximum absolute atomic E-state index is 14.2. The zero-order chi connectivity index (χ0) is 31.1. The molecule has 3 aromatic rings. The van der Waals surface area contributed by atoms with Crippen LogP contribution in [-0.4, -0.2) is 57.5 Å². The van der Waals surface area contributed by atoms with Crippen molar-refractivity contribution in [3.63, 3.8) is 0 Å². The summed E-state index contributed by atoms with van der Waals surface area (Å²) in [5.74, 6) is 0.366. The number of anilines is 1. The van der Waals surface area contributed by atoms with Crippen LogP contribution in [0.5, 0.6) is 11.5 Å². The van der Waals surface area contributed by atoms with E-state index in [1.807, 2.05) is 46.8 Å². The quantitative estimate of drug-likeness (QED) is 0.318. The summed E-state index contributed by atoms with van der Waals surface area (Å²) >= 11 is 0. The predicted octanol–water partition coefficient (Wildman–Crippen LogP) is 4.93. The summed E-state index contributed by atoms with van der Waals surface area (Å²) in [6, 6.07) is 19.3. The number of hydrogen-bond acceptors (Lipinski definition) is 6. The second-order valence-corrected chi connectivity index (χ2v) is 12.9. The van der Waals surface area contributed by atoms with Crippen LogP contribution in [-0.2, 0) is 26.2 Å². The number of ether oxygens (including phenoxy) is 2. The van der Waals surface area contributed by atoms with E-state index < -0.39 is 34.1 Å². The van der Waals surface area contributed by atoms with E-state index in [9.17, 15) is 18.0 Å². The van der Waals surface area contributed by atoms with Crippen LogP contribution in [0.3, 0.4) is 0 Å². The molecule has 0 fully saturated rings. The van der Waals surface area contributed by atoms with Crippen molar-refractivity contribution >= 4 is 27.5 Å². The van der Waals surface area contributed by atoms with Gasteiger partial charge in [-0.05, 0) is 88.2 Å². The van der Waals surface area contributed by atoms with Crippen molar-refractivity contribution < 1.29 is 27.5 Å². The molecule has 0 radical (unpaired) electrons. The van der Waals surface area contributed by atoms with Crippen LogP contribution in [0.15, 0.2) is 77.7 Å². The normalized spacial score (nSPS) is 12.3. The Hall–Kier alpha value is -4.05. The fourth-order valence-corrected chi connectivity index (χ4v) is 5.83. The molecule has 10 heteroatoms. The highest BCUT2D eigenvalue weighted by molar-refractivity contribution is 7.92. The summed E-state index contributed by atoms with van der Waals surface area (Å²) in [6.45, 7) is 8.88. The van der Waals surface area contributed by atoms with Crippen molar-refractivity contribution in [1.82, 2.24) is 10.2 Å². The van der Waals surface area contributed by atoms with Gasteiger partial charge in [0.25, 0.3) is 10.0 Å². The summed E-state index contributed by atoms with van der Waals surface area (Å²) in [4.78, 5) is 29.1. The summed E-state index contributed by atoms with van der Waals surface area (Å²) in [5, 5.41) is 2.97. The van der Waals surface area contributed by atoms with Gasteiger partial charge in [-0.1, -0.05) is 36.8 Å². The molecule has 42 heavy (non-hydrogen) atoms. The van der Waals surface area contributed by atoms with Crippen LogP contribution in [0.1, 0.15) is 45.2 Å². The maximum atomic E-state index is 14.2. The van der Waals surface area contributed by atoms with Gasteiger partial charge in [0.2, 0.25) is 11.8 Å². The third-order valence-corrected chi connectivity index (χ3v) is 8.43. The van der Waals surface area contributed by atoms with Crippen LogP contribution >= 0.6 is 0 Å². The molecule has 0 saturated heterocycles. The Kier molecular flexibility index (Phi) is 10.6. The van der Waals surface area contributed by atoms with Crippen molar-refractivity contribution in [1.29, 1.82) is 0 Å². The number of carbonyl (C=O) groups excluding carboxylic acids is 2. The number of carbonyl (C=O) groups is 2. The third kappa shape index (κ3) is 8.25. The van der Waals surface area contributed by atoms with Crippen molar-refractivity contribution in [2.45, 2.75) is 64.1 Å². The van der Waals surface area contributed by atoms with Crippen LogP contribution in [0.2, 0.25) is 0 Å². The van der Waals surface area contributed by atoms with Gasteiger partial charge in [-0.15, -0.1) is 0 Å². The van der Waals surface area contributed by atoms with Crippen molar-refractivity contribution in [2.24, 2.45) is 0 Å². The van der Waals surface area contributed by atoms with Crippen molar-refractivity contribution in [3.8, 4) is 11.5 Å². The Bertz CT molecular complexity index is 1450. The lowest BCUT2D eigenvalue weighted by Crippen LogP contribution is -2.55. The van der Waals surface area contributed by atoms with E-state index in [1.54, 1.807) is 55.6 Å². The first-order valence-electron chi connectivity index (χ1n) is 13.8. The number of nitrogens with one attached hydrogen (secondary N) is 1. The molecule has 0 saturated carbocycles. The average Bonchev–Trinajstić information content (AvgIpc) is 2.95. The second-order valence-electron chi connectivity index (χ2n) is 11.1. The maximum Gasteiger partial charge on any atom is 0.264 e. The molecule has 0 aliphatic rings. The highest BCUT2D eigenvalue weighted by atomic mass is 32.2. The van der Waals surface area contributed by atoms with Gasteiger partial charge in [-0.2, -0.15) is 0 Å². The van der Waals surface area contributed by atoms with Gasteiger partial charge in [-0.3, -0.25) is 13.9 Å². The summed E-state index contributed by atoms with van der Waals surface area (Å²) in [5.41, 5.74) is 1.44. The topological polar surface area (TPSA) is 105 Å². The number of benzene rings is 3. The largest absolute Gasteiger partial charge is 0.497 e. The molecule has 1 atom stereocenters. The number of hydrogen-bond donors (Lipinski definition) is 1. The summed E-state index contributed by atoms with van der Waals surface area (Å²) in [6.07, 6.45) is 0.330. The van der Waals surface area contributed by atoms with Gasteiger partial charge < -0.3 is 19.7 Å². The Balaban J connectivity index is 2.07. The highest BCUT2D eigenvalue weighted by Gasteiger charge is 2.34. The molecule has 0 heterocycles. The van der Waals surface area contributed by atoms with Gasteiger partial charge >= 0.3 is 0 Å². The van der Waals surface area contributed by atoms with Gasteiger partial charge in [-0.25, -0.2) is 8.42 Å². The van der Waals surface area contributed by atoms with E-state index in [0.29, 0.717) is 23.6 Å². The lowest BCUT2D eigenvalue weighted by Gasteiger charge is -2.34. The van der Waals surface area contributed by atoms with Crippen LogP contribution in [0, 0.1) is 6.92 Å². The lowest BCUT2D eigenvalue weighted by molar-refractivity contribution is -0.141. The SMILES string of the molecule is CCC(C(=O)NC(C)(C)C)N(Cc1ccc(OC)cc1)C(=O)CN(c1ccc(OC)cc1)S(=O)(=O)c1ccc(C)cc1. The third-order valence-electron chi connectivity index (χ3n) is 6.64. The highest BCUT2D eigenvalue weighted by Crippen LogP contribution is 2.27. The number of aryl methyl sites for hydroxylation is 1. The molecule has 0 spiro atoms. The van der Waals surface area contributed by atoms with Crippen LogP contribution in [0.25, 0.3) is 0 Å². The van der Waals surface area contributed by atoms with Gasteiger partial charge in [0, 0.05) is 12.1 Å². The first-order valence-corrected chi connectivity index (χ1v) is 15.2. The molecular weight excluding hydrogens is 554 g/mol. The zero-order valence-corrected chi connectivity index (χ0v) is 26.2. The number of nitrogens with zero attached hydrogens (tertiary/aromatic N) is 2. The Morgan fingerprint density at radius 2 is 1.38 bits per heavy atom. The molecule has 1 unspecified atom stereocenters. The predicted molar refractivity (Wildman–Crippen MR) is 164 cm³/mol. The van der Waals surface area contributed by atoms with Crippen molar-refractivity contribution in [3.05, 3.63) is 83.9 Å². The average molecular weight is 596 g/mol. The van der Waals surface area contributed by atoms with E-state index in [4.69, 9.17) is 9.47 Å². The van der Waals surface area contributed by atoms with Crippen molar-refractivity contribution in [2.75, 3.05) is 25.1 Å². The molecule has 0 aliphatic carbocycles. The first kappa shape index (κ1) is 32.5. The number of rotatable bonds is 12. The summed E-state index contributed by atoms with van der Waals surface area (Å²) in [7, 11) is -1.07. The Morgan fingerprint density at radius 3 is 1.86 bits per heavy atom. The fourth-order valence-electron chi connectivity index (χ4n) is 4.41. The van der Waals surface area contributed by atoms with Gasteiger partial charge in [0.1, 0.15) is 24.1 Å². The second kappa shape index (κ2) is 13.7.